The predicted molar refractivity (Wildman–Crippen MR) is 125 cm³/mol. The first-order valence-corrected chi connectivity index (χ1v) is 11.0. The van der Waals surface area contributed by atoms with Crippen molar-refractivity contribution in [2.75, 3.05) is 48.3 Å². The van der Waals surface area contributed by atoms with Gasteiger partial charge in [-0.3, -0.25) is 4.90 Å². The highest BCUT2D eigenvalue weighted by molar-refractivity contribution is 6.33. The van der Waals surface area contributed by atoms with Gasteiger partial charge in [-0.05, 0) is 24.3 Å². The molecule has 33 heavy (non-hydrogen) atoms. The zero-order chi connectivity index (χ0) is 23.6. The molecule has 7 nitrogen and oxygen atoms in total. The summed E-state index contributed by atoms with van der Waals surface area (Å²) in [6, 6.07) is 6.44. The maximum Gasteiger partial charge on any atom is 0.390 e. The van der Waals surface area contributed by atoms with Gasteiger partial charge in [0.1, 0.15) is 5.82 Å². The molecule has 2 aromatic heterocycles. The first kappa shape index (κ1) is 23.5. The van der Waals surface area contributed by atoms with E-state index in [1.807, 2.05) is 11.0 Å². The van der Waals surface area contributed by atoms with Crippen LogP contribution in [0.3, 0.4) is 0 Å². The first-order chi connectivity index (χ1) is 15.7. The lowest BCUT2D eigenvalue weighted by Gasteiger charge is -2.35. The number of pyridine rings is 1. The smallest absolute Gasteiger partial charge is 0.359 e. The number of nitrogens with one attached hydrogen (secondary N) is 3. The van der Waals surface area contributed by atoms with Crippen LogP contribution in [0.5, 0.6) is 0 Å². The number of carbonyl (C=O) groups is 1. The monoisotopic (exact) mass is 500 g/mol. The molecule has 4 rings (SSSR count). The van der Waals surface area contributed by atoms with Gasteiger partial charge in [-0.25, -0.2) is 9.78 Å². The fraction of sp³-hybridized carbons (Fsp3) is 0.333. The minimum atomic E-state index is -4.15. The molecule has 0 aliphatic carbocycles. The van der Waals surface area contributed by atoms with Crippen LogP contribution < -0.4 is 15.5 Å². The van der Waals surface area contributed by atoms with Gasteiger partial charge in [0.2, 0.25) is 0 Å². The lowest BCUT2D eigenvalue weighted by Crippen LogP contribution is -2.47. The molecule has 1 fully saturated rings. The number of anilines is 3. The van der Waals surface area contributed by atoms with Crippen molar-refractivity contribution in [3.05, 3.63) is 46.7 Å². The zero-order valence-electron chi connectivity index (χ0n) is 17.3. The summed E-state index contributed by atoms with van der Waals surface area (Å²) in [5, 5.41) is 7.12. The summed E-state index contributed by atoms with van der Waals surface area (Å²) in [4.78, 5) is 23.5. The second-order valence-corrected chi connectivity index (χ2v) is 8.54. The van der Waals surface area contributed by atoms with Gasteiger partial charge in [-0.2, -0.15) is 13.2 Å². The van der Waals surface area contributed by atoms with E-state index in [-0.39, 0.29) is 6.54 Å². The second kappa shape index (κ2) is 9.66. The predicted octanol–water partition coefficient (Wildman–Crippen LogP) is 5.59. The minimum absolute atomic E-state index is 0.0148. The molecule has 0 bridgehead atoms. The Bertz CT molecular complexity index is 1140. The Labute approximate surface area is 197 Å². The largest absolute Gasteiger partial charge is 0.390 e. The third-order valence-electron chi connectivity index (χ3n) is 5.35. The van der Waals surface area contributed by atoms with E-state index >= 15 is 0 Å². The van der Waals surface area contributed by atoms with Crippen molar-refractivity contribution in [1.82, 2.24) is 14.9 Å². The Morgan fingerprint density at radius 3 is 2.58 bits per heavy atom. The number of halogens is 5. The van der Waals surface area contributed by atoms with Gasteiger partial charge in [-0.1, -0.05) is 23.2 Å². The Morgan fingerprint density at radius 1 is 1.12 bits per heavy atom. The van der Waals surface area contributed by atoms with Crippen LogP contribution in [0, 0.1) is 0 Å². The van der Waals surface area contributed by atoms with Gasteiger partial charge in [0.05, 0.1) is 29.0 Å². The summed E-state index contributed by atoms with van der Waals surface area (Å²) in [6.45, 7) is 2.00. The average Bonchev–Trinajstić information content (AvgIpc) is 3.14. The molecule has 1 aliphatic rings. The summed E-state index contributed by atoms with van der Waals surface area (Å²) in [5.74, 6) is 0.532. The van der Waals surface area contributed by atoms with Crippen molar-refractivity contribution in [2.24, 2.45) is 0 Å². The SMILES string of the molecule is O=C(Nc1cnc(N2CCN(CCC(F)(F)F)CC2)c(Cl)c1)Nc1c[nH]c2ccc(Cl)cc12. The number of hydrogen-bond acceptors (Lipinski definition) is 4. The lowest BCUT2D eigenvalue weighted by molar-refractivity contribution is -0.138. The van der Waals surface area contributed by atoms with Gasteiger partial charge in [0.15, 0.2) is 0 Å². The Hall–Kier alpha value is -2.69. The molecular weight excluding hydrogens is 480 g/mol. The minimum Gasteiger partial charge on any atom is -0.359 e. The van der Waals surface area contributed by atoms with E-state index < -0.39 is 18.6 Å². The molecule has 1 aliphatic heterocycles. The van der Waals surface area contributed by atoms with E-state index in [4.69, 9.17) is 23.2 Å². The third kappa shape index (κ3) is 6.01. The summed E-state index contributed by atoms with van der Waals surface area (Å²) in [6.07, 6.45) is -1.81. The Morgan fingerprint density at radius 2 is 1.88 bits per heavy atom. The van der Waals surface area contributed by atoms with Gasteiger partial charge < -0.3 is 20.5 Å². The van der Waals surface area contributed by atoms with E-state index in [1.165, 1.54) is 6.20 Å². The number of urea groups is 1. The number of piperazine rings is 1. The van der Waals surface area contributed by atoms with Gasteiger partial charge >= 0.3 is 12.2 Å². The summed E-state index contributed by atoms with van der Waals surface area (Å²) >= 11 is 12.4. The van der Waals surface area contributed by atoms with Crippen LogP contribution in [0.25, 0.3) is 10.9 Å². The zero-order valence-corrected chi connectivity index (χ0v) is 18.9. The maximum atomic E-state index is 12.4. The molecule has 3 N–H and O–H groups in total. The second-order valence-electron chi connectivity index (χ2n) is 7.69. The molecule has 0 radical (unpaired) electrons. The first-order valence-electron chi connectivity index (χ1n) is 10.2. The number of alkyl halides is 3. The molecule has 1 saturated heterocycles. The summed E-state index contributed by atoms with van der Waals surface area (Å²) in [5.41, 5.74) is 1.81. The van der Waals surface area contributed by atoms with Gasteiger partial charge in [-0.15, -0.1) is 0 Å². The molecule has 2 amide bonds. The van der Waals surface area contributed by atoms with Crippen molar-refractivity contribution >= 4 is 57.3 Å². The number of aromatic amines is 1. The number of amides is 2. The molecule has 0 atom stereocenters. The standard InChI is InChI=1S/C21H21Cl2F3N6O/c22-13-1-2-17-15(9-13)18(12-27-17)30-20(33)29-14-10-16(23)19(28-11-14)32-7-5-31(6-8-32)4-3-21(24,25)26/h1-2,9-12,27H,3-8H2,(H2,29,30,33). The lowest BCUT2D eigenvalue weighted by atomic mass is 10.2. The molecule has 176 valence electrons. The van der Waals surface area contributed by atoms with Crippen LogP contribution in [-0.4, -0.2) is 59.8 Å². The number of rotatable bonds is 5. The number of hydrogen-bond donors (Lipinski definition) is 3. The summed E-state index contributed by atoms with van der Waals surface area (Å²) in [7, 11) is 0. The van der Waals surface area contributed by atoms with Crippen LogP contribution in [0.15, 0.2) is 36.7 Å². The number of nitrogens with zero attached hydrogens (tertiary/aromatic N) is 3. The molecule has 12 heteroatoms. The Kier molecular flexibility index (Phi) is 6.87. The molecule has 3 aromatic rings. The molecule has 1 aromatic carbocycles. The highest BCUT2D eigenvalue weighted by Gasteiger charge is 2.29. The van der Waals surface area contributed by atoms with Gasteiger partial charge in [0, 0.05) is 54.8 Å². The molecular formula is C21H21Cl2F3N6O. The van der Waals surface area contributed by atoms with Crippen molar-refractivity contribution in [2.45, 2.75) is 12.6 Å². The van der Waals surface area contributed by atoms with Crippen molar-refractivity contribution < 1.29 is 18.0 Å². The van der Waals surface area contributed by atoms with Crippen LogP contribution >= 0.6 is 23.2 Å². The fourth-order valence-electron chi connectivity index (χ4n) is 3.68. The van der Waals surface area contributed by atoms with Gasteiger partial charge in [0.25, 0.3) is 0 Å². The van der Waals surface area contributed by atoms with Crippen molar-refractivity contribution in [3.8, 4) is 0 Å². The fourth-order valence-corrected chi connectivity index (χ4v) is 4.14. The van der Waals surface area contributed by atoms with Crippen LogP contribution in [-0.2, 0) is 0 Å². The summed E-state index contributed by atoms with van der Waals surface area (Å²) < 4.78 is 37.3. The average molecular weight is 501 g/mol. The Balaban J connectivity index is 1.34. The number of aromatic nitrogens is 2. The molecule has 0 saturated carbocycles. The highest BCUT2D eigenvalue weighted by atomic mass is 35.5. The van der Waals surface area contributed by atoms with Crippen molar-refractivity contribution in [1.29, 1.82) is 0 Å². The highest BCUT2D eigenvalue weighted by Crippen LogP contribution is 2.29. The van der Waals surface area contributed by atoms with E-state index in [9.17, 15) is 18.0 Å². The van der Waals surface area contributed by atoms with E-state index in [1.54, 1.807) is 29.3 Å². The maximum absolute atomic E-state index is 12.4. The normalized spacial score (nSPS) is 15.1. The van der Waals surface area contributed by atoms with Crippen LogP contribution in [0.4, 0.5) is 35.2 Å². The molecule has 0 unspecified atom stereocenters. The van der Waals surface area contributed by atoms with E-state index in [0.717, 1.165) is 10.9 Å². The quantitative estimate of drug-likeness (QED) is 0.426. The van der Waals surface area contributed by atoms with E-state index in [2.05, 4.69) is 20.6 Å². The topological polar surface area (TPSA) is 76.3 Å². The van der Waals surface area contributed by atoms with Crippen LogP contribution in [0.2, 0.25) is 10.0 Å². The molecule has 3 heterocycles. The number of benzene rings is 1. The van der Waals surface area contributed by atoms with E-state index in [0.29, 0.717) is 53.4 Å². The van der Waals surface area contributed by atoms with Crippen molar-refractivity contribution in [3.63, 3.8) is 0 Å². The number of carbonyl (C=O) groups excluding carboxylic acids is 1. The number of fused-ring (bicyclic) bond motifs is 1. The number of H-pyrrole nitrogens is 1. The third-order valence-corrected chi connectivity index (χ3v) is 5.87. The van der Waals surface area contributed by atoms with Crippen LogP contribution in [0.1, 0.15) is 6.42 Å². The molecule has 0 spiro atoms.